The number of methoxy groups -OCH3 is 1. The van der Waals surface area contributed by atoms with Crippen LogP contribution in [0.15, 0.2) is 39.5 Å². The molecule has 2 aromatic carbocycles. The monoisotopic (exact) mass is 465 g/mol. The minimum atomic E-state index is -0.550. The van der Waals surface area contributed by atoms with E-state index in [2.05, 4.69) is 14.1 Å². The molecule has 2 heterocycles. The average Bonchev–Trinajstić information content (AvgIpc) is 3.07. The summed E-state index contributed by atoms with van der Waals surface area (Å²) in [6, 6.07) is 8.73. The maximum absolute atomic E-state index is 13.8. The number of quaternary nitrogens is 1. The lowest BCUT2D eigenvalue weighted by Gasteiger charge is -2.26. The van der Waals surface area contributed by atoms with E-state index in [-0.39, 0.29) is 17.1 Å². The van der Waals surface area contributed by atoms with E-state index in [0.29, 0.717) is 41.2 Å². The molecule has 180 valence electrons. The van der Waals surface area contributed by atoms with E-state index in [9.17, 15) is 9.59 Å². The Labute approximate surface area is 199 Å². The molecule has 0 bridgehead atoms. The number of benzene rings is 2. The van der Waals surface area contributed by atoms with Gasteiger partial charge in [-0.2, -0.15) is 0 Å². The van der Waals surface area contributed by atoms with Crippen molar-refractivity contribution < 1.29 is 23.6 Å². The quantitative estimate of drug-likeness (QED) is 0.554. The molecule has 1 aromatic heterocycles. The van der Waals surface area contributed by atoms with Gasteiger partial charge in [0.05, 0.1) is 51.3 Å². The molecule has 4 rings (SSSR count). The molecule has 0 aliphatic carbocycles. The van der Waals surface area contributed by atoms with Gasteiger partial charge in [0.1, 0.15) is 5.58 Å². The van der Waals surface area contributed by atoms with Crippen LogP contribution in [0.3, 0.4) is 0 Å². The first kappa shape index (κ1) is 23.8. The van der Waals surface area contributed by atoms with Crippen molar-refractivity contribution >= 4 is 16.9 Å². The molecular weight excluding hydrogens is 432 g/mol. The molecule has 1 aliphatic heterocycles. The van der Waals surface area contributed by atoms with Crippen LogP contribution in [-0.2, 0) is 0 Å². The highest BCUT2D eigenvalue weighted by Gasteiger charge is 2.42. The third-order valence-electron chi connectivity index (χ3n) is 6.46. The van der Waals surface area contributed by atoms with Gasteiger partial charge in [0, 0.05) is 13.0 Å². The summed E-state index contributed by atoms with van der Waals surface area (Å²) in [5.74, 6) is 1.07. The van der Waals surface area contributed by atoms with Crippen molar-refractivity contribution in [3.8, 4) is 11.5 Å². The maximum Gasteiger partial charge on any atom is 0.290 e. The van der Waals surface area contributed by atoms with Crippen molar-refractivity contribution in [3.05, 3.63) is 68.6 Å². The molecule has 0 saturated heterocycles. The fourth-order valence-corrected chi connectivity index (χ4v) is 4.58. The topological polar surface area (TPSA) is 73.4 Å². The van der Waals surface area contributed by atoms with Crippen LogP contribution in [0.25, 0.3) is 11.0 Å². The van der Waals surface area contributed by atoms with Gasteiger partial charge in [0.25, 0.3) is 5.91 Å². The van der Waals surface area contributed by atoms with Crippen molar-refractivity contribution in [2.45, 2.75) is 33.2 Å². The summed E-state index contributed by atoms with van der Waals surface area (Å²) < 4.78 is 17.3. The first-order valence-corrected chi connectivity index (χ1v) is 11.8. The van der Waals surface area contributed by atoms with Gasteiger partial charge in [0.2, 0.25) is 5.76 Å². The van der Waals surface area contributed by atoms with Crippen LogP contribution in [0.4, 0.5) is 0 Å². The van der Waals surface area contributed by atoms with E-state index < -0.39 is 6.04 Å². The van der Waals surface area contributed by atoms with Crippen molar-refractivity contribution in [2.24, 2.45) is 0 Å². The molecule has 1 amide bonds. The molecule has 0 saturated carbocycles. The number of carbonyl (C=O) groups is 1. The largest absolute Gasteiger partial charge is 0.493 e. The lowest BCUT2D eigenvalue weighted by atomic mass is 9.97. The van der Waals surface area contributed by atoms with E-state index >= 15 is 0 Å². The zero-order chi connectivity index (χ0) is 24.6. The first-order valence-electron chi connectivity index (χ1n) is 11.8. The van der Waals surface area contributed by atoms with E-state index in [1.54, 1.807) is 12.0 Å². The van der Waals surface area contributed by atoms with Crippen LogP contribution in [0.2, 0.25) is 0 Å². The van der Waals surface area contributed by atoms with Gasteiger partial charge in [-0.05, 0) is 61.7 Å². The second-order valence-electron chi connectivity index (χ2n) is 9.16. The third kappa shape index (κ3) is 4.16. The number of fused-ring (bicyclic) bond motifs is 2. The van der Waals surface area contributed by atoms with E-state index in [1.165, 1.54) is 4.90 Å². The Morgan fingerprint density at radius 2 is 1.79 bits per heavy atom. The van der Waals surface area contributed by atoms with Gasteiger partial charge in [-0.1, -0.05) is 6.07 Å². The molecule has 0 unspecified atom stereocenters. The standard InChI is InChI=1S/C27H32N2O5/c1-7-33-20-10-9-18(15-22(20)32-6)24-23-25(30)19-13-16(2)17(3)14-21(19)34-26(23)27(31)29(24)12-8-11-28(4)5/h9-10,13-15,24H,7-8,11-12H2,1-6H3/p+1/t24-/m0/s1. The predicted molar refractivity (Wildman–Crippen MR) is 131 cm³/mol. The number of aryl methyl sites for hydroxylation is 2. The molecule has 1 atom stereocenters. The molecule has 0 radical (unpaired) electrons. The van der Waals surface area contributed by atoms with E-state index in [0.717, 1.165) is 29.7 Å². The van der Waals surface area contributed by atoms with Crippen LogP contribution in [0, 0.1) is 13.8 Å². The van der Waals surface area contributed by atoms with E-state index in [1.807, 2.05) is 51.1 Å². The Morgan fingerprint density at radius 3 is 2.47 bits per heavy atom. The van der Waals surface area contributed by atoms with E-state index in [4.69, 9.17) is 13.9 Å². The predicted octanol–water partition coefficient (Wildman–Crippen LogP) is 2.90. The number of ether oxygens (including phenoxy) is 2. The fourth-order valence-electron chi connectivity index (χ4n) is 4.58. The maximum atomic E-state index is 13.8. The molecule has 0 fully saturated rings. The number of hydrogen-bond donors (Lipinski definition) is 1. The van der Waals surface area contributed by atoms with Crippen LogP contribution in [0.1, 0.15) is 52.2 Å². The molecule has 0 spiro atoms. The second-order valence-corrected chi connectivity index (χ2v) is 9.16. The zero-order valence-corrected chi connectivity index (χ0v) is 20.8. The summed E-state index contributed by atoms with van der Waals surface area (Å²) in [6.45, 7) is 7.77. The second kappa shape index (κ2) is 9.50. The van der Waals surface area contributed by atoms with Gasteiger partial charge in [0.15, 0.2) is 16.9 Å². The molecule has 1 N–H and O–H groups in total. The lowest BCUT2D eigenvalue weighted by molar-refractivity contribution is -0.858. The summed E-state index contributed by atoms with van der Waals surface area (Å²) in [5, 5.41) is 0.497. The number of carbonyl (C=O) groups excluding carboxylic acids is 1. The van der Waals surface area contributed by atoms with Gasteiger partial charge < -0.3 is 23.7 Å². The Bertz CT molecular complexity index is 1290. The Balaban J connectivity index is 1.90. The molecule has 3 aromatic rings. The Morgan fingerprint density at radius 1 is 1.06 bits per heavy atom. The summed E-state index contributed by atoms with van der Waals surface area (Å²) in [4.78, 5) is 30.4. The normalized spacial score (nSPS) is 15.3. The van der Waals surface area contributed by atoms with Gasteiger partial charge >= 0.3 is 0 Å². The van der Waals surface area contributed by atoms with Crippen LogP contribution in [-0.4, -0.2) is 51.7 Å². The summed E-state index contributed by atoms with van der Waals surface area (Å²) >= 11 is 0. The third-order valence-corrected chi connectivity index (χ3v) is 6.46. The minimum absolute atomic E-state index is 0.135. The molecule has 7 heteroatoms. The Kier molecular flexibility index (Phi) is 6.66. The molecule has 7 nitrogen and oxygen atoms in total. The molecular formula is C27H33N2O5+. The smallest absolute Gasteiger partial charge is 0.290 e. The highest BCUT2D eigenvalue weighted by atomic mass is 16.5. The average molecular weight is 466 g/mol. The van der Waals surface area contributed by atoms with Gasteiger partial charge in [-0.25, -0.2) is 0 Å². The number of hydrogen-bond acceptors (Lipinski definition) is 5. The van der Waals surface area contributed by atoms with Crippen LogP contribution < -0.4 is 19.8 Å². The van der Waals surface area contributed by atoms with Crippen molar-refractivity contribution in [3.63, 3.8) is 0 Å². The molecule has 34 heavy (non-hydrogen) atoms. The van der Waals surface area contributed by atoms with Crippen molar-refractivity contribution in [1.29, 1.82) is 0 Å². The summed E-state index contributed by atoms with van der Waals surface area (Å²) in [7, 11) is 5.75. The molecule has 1 aliphatic rings. The first-order chi connectivity index (χ1) is 16.3. The number of nitrogens with one attached hydrogen (secondary N) is 1. The minimum Gasteiger partial charge on any atom is -0.493 e. The van der Waals surface area contributed by atoms with Crippen LogP contribution in [0.5, 0.6) is 11.5 Å². The van der Waals surface area contributed by atoms with Crippen LogP contribution >= 0.6 is 0 Å². The fraction of sp³-hybridized carbons (Fsp3) is 0.407. The van der Waals surface area contributed by atoms with Gasteiger partial charge in [-0.3, -0.25) is 9.59 Å². The summed E-state index contributed by atoms with van der Waals surface area (Å²) in [5.41, 5.74) is 3.49. The van der Waals surface area contributed by atoms with Crippen molar-refractivity contribution in [2.75, 3.05) is 40.9 Å². The number of amides is 1. The highest BCUT2D eigenvalue weighted by Crippen LogP contribution is 2.41. The lowest BCUT2D eigenvalue weighted by Crippen LogP contribution is -3.05. The SMILES string of the molecule is CCOc1ccc([C@H]2c3c(oc4cc(C)c(C)cc4c3=O)C(=O)N2CCC[NH+](C)C)cc1OC. The number of rotatable bonds is 8. The number of nitrogens with zero attached hydrogens (tertiary/aromatic N) is 1. The Hall–Kier alpha value is -3.32. The van der Waals surface area contributed by atoms with Crippen molar-refractivity contribution in [1.82, 2.24) is 4.90 Å². The van der Waals surface area contributed by atoms with Gasteiger partial charge in [-0.15, -0.1) is 0 Å². The highest BCUT2D eigenvalue weighted by molar-refractivity contribution is 5.99. The summed E-state index contributed by atoms with van der Waals surface area (Å²) in [6.07, 6.45) is 0.804. The zero-order valence-electron chi connectivity index (χ0n) is 20.8.